The largest absolute Gasteiger partial charge is 0.489 e. The molecule has 0 amide bonds. The Morgan fingerprint density at radius 3 is 2.93 bits per heavy atom. The fourth-order valence-corrected chi connectivity index (χ4v) is 4.04. The summed E-state index contributed by atoms with van der Waals surface area (Å²) in [5, 5.41) is 4.64. The van der Waals surface area contributed by atoms with Crippen LogP contribution in [0.1, 0.15) is 49.1 Å². The molecule has 3 heterocycles. The van der Waals surface area contributed by atoms with Crippen molar-refractivity contribution in [1.29, 1.82) is 0 Å². The van der Waals surface area contributed by atoms with Gasteiger partial charge in [0, 0.05) is 11.9 Å². The first kappa shape index (κ1) is 16.3. The predicted octanol–water partition coefficient (Wildman–Crippen LogP) is 4.30. The van der Waals surface area contributed by atoms with Crippen LogP contribution in [0.15, 0.2) is 23.5 Å². The number of aryl methyl sites for hydroxylation is 2. The van der Waals surface area contributed by atoms with Crippen molar-refractivity contribution in [3.8, 4) is 5.75 Å². The van der Waals surface area contributed by atoms with Crippen LogP contribution in [0, 0.1) is 0 Å². The second-order valence-corrected chi connectivity index (χ2v) is 7.54. The molecule has 138 valence electrons. The molecule has 5 rings (SSSR count). The maximum atomic E-state index is 6.08. The minimum atomic E-state index is 0.0938. The number of fused-ring (bicyclic) bond motifs is 4. The summed E-state index contributed by atoms with van der Waals surface area (Å²) < 4.78 is 6.08. The summed E-state index contributed by atoms with van der Waals surface area (Å²) >= 11 is 0. The molecule has 1 aliphatic carbocycles. The Labute approximate surface area is 158 Å². The van der Waals surface area contributed by atoms with Crippen molar-refractivity contribution >= 4 is 28.8 Å². The van der Waals surface area contributed by atoms with Gasteiger partial charge in [-0.15, -0.1) is 0 Å². The van der Waals surface area contributed by atoms with Gasteiger partial charge in [-0.25, -0.2) is 9.97 Å². The lowest BCUT2D eigenvalue weighted by Gasteiger charge is -2.18. The molecule has 2 N–H and O–H groups in total. The number of hydrogen-bond acceptors (Lipinski definition) is 5. The monoisotopic (exact) mass is 361 g/mol. The van der Waals surface area contributed by atoms with E-state index in [0.717, 1.165) is 46.7 Å². The Hall–Kier alpha value is -2.89. The van der Waals surface area contributed by atoms with E-state index in [9.17, 15) is 0 Å². The number of aromatic nitrogens is 3. The maximum Gasteiger partial charge on any atom is 0.143 e. The van der Waals surface area contributed by atoms with Gasteiger partial charge in [0.2, 0.25) is 0 Å². The molecule has 2 aromatic heterocycles. The summed E-state index contributed by atoms with van der Waals surface area (Å²) in [6, 6.07) is 4.20. The molecule has 1 aliphatic heterocycles. The molecule has 2 aliphatic rings. The number of aromatic amines is 1. The Morgan fingerprint density at radius 1 is 1.15 bits per heavy atom. The molecule has 0 bridgehead atoms. The van der Waals surface area contributed by atoms with Crippen molar-refractivity contribution in [1.82, 2.24) is 15.0 Å². The standard InChI is InChI=1S/C21H23N5O/c1-12(2)27-18-8-14-10-22-9-13(14)7-17(18)26-21-19-15-5-3-4-6-16(15)25-20(19)23-11-24-21/h7-9,11-12H,3-6,10H2,1-2H3,(H2,23,24,25,26). The molecule has 0 spiro atoms. The highest BCUT2D eigenvalue weighted by molar-refractivity contribution is 5.95. The van der Waals surface area contributed by atoms with Crippen molar-refractivity contribution in [2.75, 3.05) is 5.32 Å². The lowest BCUT2D eigenvalue weighted by Crippen LogP contribution is -2.09. The van der Waals surface area contributed by atoms with Gasteiger partial charge in [0.25, 0.3) is 0 Å². The molecule has 6 heteroatoms. The summed E-state index contributed by atoms with van der Waals surface area (Å²) in [4.78, 5) is 16.9. The lowest BCUT2D eigenvalue weighted by atomic mass is 9.96. The van der Waals surface area contributed by atoms with Crippen LogP contribution in [-0.4, -0.2) is 27.3 Å². The van der Waals surface area contributed by atoms with Crippen molar-refractivity contribution in [2.45, 2.75) is 52.2 Å². The zero-order chi connectivity index (χ0) is 18.4. The van der Waals surface area contributed by atoms with Gasteiger partial charge in [0.1, 0.15) is 23.5 Å². The number of hydrogen-bond donors (Lipinski definition) is 2. The van der Waals surface area contributed by atoms with Gasteiger partial charge in [0.15, 0.2) is 0 Å². The predicted molar refractivity (Wildman–Crippen MR) is 107 cm³/mol. The SMILES string of the molecule is CC(C)Oc1cc2c(cc1Nc1ncnc3[nH]c4c(c13)CCCC4)C=NC2. The van der Waals surface area contributed by atoms with E-state index in [4.69, 9.17) is 4.74 Å². The smallest absolute Gasteiger partial charge is 0.143 e. The molecule has 0 saturated heterocycles. The van der Waals surface area contributed by atoms with Crippen LogP contribution in [0.4, 0.5) is 11.5 Å². The van der Waals surface area contributed by atoms with E-state index in [2.05, 4.69) is 37.4 Å². The van der Waals surface area contributed by atoms with Crippen LogP contribution >= 0.6 is 0 Å². The molecule has 1 aromatic carbocycles. The molecule has 0 saturated carbocycles. The Balaban J connectivity index is 1.61. The maximum absolute atomic E-state index is 6.08. The zero-order valence-corrected chi connectivity index (χ0v) is 15.7. The first-order valence-corrected chi connectivity index (χ1v) is 9.64. The highest BCUT2D eigenvalue weighted by atomic mass is 16.5. The normalized spacial score (nSPS) is 15.2. The topological polar surface area (TPSA) is 75.2 Å². The van der Waals surface area contributed by atoms with Gasteiger partial charge < -0.3 is 15.0 Å². The number of rotatable bonds is 4. The highest BCUT2D eigenvalue weighted by Gasteiger charge is 2.21. The molecule has 27 heavy (non-hydrogen) atoms. The van der Waals surface area contributed by atoms with Crippen LogP contribution in [0.3, 0.4) is 0 Å². The number of ether oxygens (including phenoxy) is 1. The average Bonchev–Trinajstić information content (AvgIpc) is 3.25. The van der Waals surface area contributed by atoms with Gasteiger partial charge in [0.05, 0.1) is 23.7 Å². The summed E-state index contributed by atoms with van der Waals surface area (Å²) in [6.07, 6.45) is 8.23. The molecular formula is C21H23N5O. The van der Waals surface area contributed by atoms with Crippen molar-refractivity contribution in [3.05, 3.63) is 40.8 Å². The average molecular weight is 361 g/mol. The van der Waals surface area contributed by atoms with E-state index in [1.54, 1.807) is 6.33 Å². The van der Waals surface area contributed by atoms with Gasteiger partial charge >= 0.3 is 0 Å². The summed E-state index contributed by atoms with van der Waals surface area (Å²) in [7, 11) is 0. The Kier molecular flexibility index (Phi) is 3.85. The molecule has 6 nitrogen and oxygen atoms in total. The van der Waals surface area contributed by atoms with E-state index < -0.39 is 0 Å². The molecule has 0 fully saturated rings. The Morgan fingerprint density at radius 2 is 2.04 bits per heavy atom. The highest BCUT2D eigenvalue weighted by Crippen LogP contribution is 2.37. The van der Waals surface area contributed by atoms with Gasteiger partial charge in [-0.3, -0.25) is 4.99 Å². The molecule has 0 unspecified atom stereocenters. The van der Waals surface area contributed by atoms with Gasteiger partial charge in [-0.1, -0.05) is 0 Å². The number of benzene rings is 1. The van der Waals surface area contributed by atoms with Crippen molar-refractivity contribution < 1.29 is 4.74 Å². The van der Waals surface area contributed by atoms with Crippen LogP contribution in [-0.2, 0) is 19.4 Å². The van der Waals surface area contributed by atoms with Crippen LogP contribution in [0.2, 0.25) is 0 Å². The number of H-pyrrole nitrogens is 1. The van der Waals surface area contributed by atoms with E-state index in [0.29, 0.717) is 6.54 Å². The van der Waals surface area contributed by atoms with Crippen molar-refractivity contribution in [2.24, 2.45) is 4.99 Å². The third kappa shape index (κ3) is 2.85. The molecule has 3 aromatic rings. The first-order chi connectivity index (χ1) is 13.2. The fraction of sp³-hybridized carbons (Fsp3) is 0.381. The van der Waals surface area contributed by atoms with Gasteiger partial charge in [-0.2, -0.15) is 0 Å². The number of anilines is 2. The van der Waals surface area contributed by atoms with E-state index in [1.165, 1.54) is 29.7 Å². The van der Waals surface area contributed by atoms with Crippen LogP contribution in [0.5, 0.6) is 5.75 Å². The zero-order valence-electron chi connectivity index (χ0n) is 15.7. The lowest BCUT2D eigenvalue weighted by molar-refractivity contribution is 0.243. The fourth-order valence-electron chi connectivity index (χ4n) is 4.04. The number of aliphatic imine (C=N–C) groups is 1. The van der Waals surface area contributed by atoms with E-state index in [-0.39, 0.29) is 6.10 Å². The Bertz CT molecular complexity index is 1050. The van der Waals surface area contributed by atoms with E-state index in [1.807, 2.05) is 20.1 Å². The first-order valence-electron chi connectivity index (χ1n) is 9.64. The number of nitrogens with zero attached hydrogens (tertiary/aromatic N) is 3. The quantitative estimate of drug-likeness (QED) is 0.726. The minimum Gasteiger partial charge on any atom is -0.489 e. The van der Waals surface area contributed by atoms with Crippen LogP contribution < -0.4 is 10.1 Å². The molecule has 0 atom stereocenters. The molecular weight excluding hydrogens is 338 g/mol. The number of nitrogens with one attached hydrogen (secondary N) is 2. The third-order valence-corrected chi connectivity index (χ3v) is 5.24. The minimum absolute atomic E-state index is 0.0938. The third-order valence-electron chi connectivity index (χ3n) is 5.24. The van der Waals surface area contributed by atoms with Crippen LogP contribution in [0.25, 0.3) is 11.0 Å². The summed E-state index contributed by atoms with van der Waals surface area (Å²) in [5.74, 6) is 1.67. The summed E-state index contributed by atoms with van der Waals surface area (Å²) in [6.45, 7) is 4.80. The molecule has 0 radical (unpaired) electrons. The van der Waals surface area contributed by atoms with Gasteiger partial charge in [-0.05, 0) is 68.4 Å². The van der Waals surface area contributed by atoms with Crippen molar-refractivity contribution in [3.63, 3.8) is 0 Å². The second-order valence-electron chi connectivity index (χ2n) is 7.54. The second kappa shape index (κ2) is 6.37. The van der Waals surface area contributed by atoms with E-state index >= 15 is 0 Å². The summed E-state index contributed by atoms with van der Waals surface area (Å²) in [5.41, 5.74) is 6.82.